The molecule has 1 fully saturated rings. The number of carboxylic acids is 1. The van der Waals surface area contributed by atoms with Crippen molar-refractivity contribution in [1.29, 1.82) is 0 Å². The maximum Gasteiger partial charge on any atom is 0.407 e. The van der Waals surface area contributed by atoms with Gasteiger partial charge in [0.1, 0.15) is 28.8 Å². The van der Waals surface area contributed by atoms with Crippen LogP contribution < -0.4 is 27.6 Å². The van der Waals surface area contributed by atoms with Gasteiger partial charge in [-0.15, -0.1) is 35.3 Å². The summed E-state index contributed by atoms with van der Waals surface area (Å²) in [6, 6.07) is 7.81. The Morgan fingerprint density at radius 2 is 1.87 bits per heavy atom. The van der Waals surface area contributed by atoms with Crippen LogP contribution in [0, 0.1) is 0 Å². The SMILES string of the molecule is CC(C)(C)OC(=O)NCC(O)C[n+]1ccc(SCC2=C(C(=O)O)N3C(=O)[C@@H](NC(=O)CSc4cc(Cl)ccc4Cl)[C@H]3SC2)cc1.[Cl-]. The van der Waals surface area contributed by atoms with Gasteiger partial charge in [-0.05, 0) is 44.5 Å². The van der Waals surface area contributed by atoms with Crippen LogP contribution in [0.1, 0.15) is 20.8 Å². The van der Waals surface area contributed by atoms with E-state index in [4.69, 9.17) is 27.9 Å². The predicted molar refractivity (Wildman–Crippen MR) is 174 cm³/mol. The summed E-state index contributed by atoms with van der Waals surface area (Å²) in [7, 11) is 0. The second-order valence-electron chi connectivity index (χ2n) is 11.1. The van der Waals surface area contributed by atoms with E-state index in [1.165, 1.54) is 40.2 Å². The Morgan fingerprint density at radius 3 is 2.52 bits per heavy atom. The number of β-lactam (4-membered cyclic amide) rings is 1. The molecule has 2 aliphatic heterocycles. The molecule has 1 unspecified atom stereocenters. The highest BCUT2D eigenvalue weighted by Gasteiger charge is 2.54. The van der Waals surface area contributed by atoms with Gasteiger partial charge < -0.3 is 38.0 Å². The summed E-state index contributed by atoms with van der Waals surface area (Å²) in [6.45, 7) is 5.54. The molecule has 1 aromatic heterocycles. The minimum absolute atomic E-state index is 0. The second-order valence-corrected chi connectivity index (χ2v) is 15.1. The predicted octanol–water partition coefficient (Wildman–Crippen LogP) is 0.794. The third-order valence-electron chi connectivity index (χ3n) is 6.39. The molecule has 17 heteroatoms. The number of hydrogen-bond acceptors (Lipinski definition) is 9. The number of pyridine rings is 1. The topological polar surface area (TPSA) is 149 Å². The number of amides is 3. The lowest BCUT2D eigenvalue weighted by atomic mass is 10.0. The number of fused-ring (bicyclic) bond motifs is 1. The highest BCUT2D eigenvalue weighted by molar-refractivity contribution is 8.01. The van der Waals surface area contributed by atoms with Crippen LogP contribution in [0.25, 0.3) is 0 Å². The molecule has 2 aliphatic rings. The monoisotopic (exact) mass is 750 g/mol. The van der Waals surface area contributed by atoms with Gasteiger partial charge in [0.05, 0.1) is 17.3 Å². The maximum absolute atomic E-state index is 13.0. The van der Waals surface area contributed by atoms with Crippen LogP contribution in [0.4, 0.5) is 4.79 Å². The average molecular weight is 752 g/mol. The number of thioether (sulfide) groups is 3. The number of nitrogens with zero attached hydrogens (tertiary/aromatic N) is 2. The number of carboxylic acid groups (broad SMARTS) is 1. The molecule has 0 aliphatic carbocycles. The Balaban J connectivity index is 0.00000576. The first-order valence-electron chi connectivity index (χ1n) is 13.8. The number of nitrogens with one attached hydrogen (secondary N) is 2. The summed E-state index contributed by atoms with van der Waals surface area (Å²) >= 11 is 16.2. The molecule has 3 amide bonds. The molecule has 4 rings (SSSR count). The molecule has 2 aromatic rings. The van der Waals surface area contributed by atoms with Gasteiger partial charge in [-0.2, -0.15) is 0 Å². The van der Waals surface area contributed by atoms with Gasteiger partial charge in [0.15, 0.2) is 18.9 Å². The van der Waals surface area contributed by atoms with Crippen molar-refractivity contribution in [2.45, 2.75) is 60.2 Å². The quantitative estimate of drug-likeness (QED) is 0.140. The molecule has 0 spiro atoms. The third-order valence-corrected chi connectivity index (χ3v) is 10.6. The van der Waals surface area contributed by atoms with Crippen molar-refractivity contribution in [1.82, 2.24) is 15.5 Å². The summed E-state index contributed by atoms with van der Waals surface area (Å²) in [5.41, 5.74) is -0.0674. The highest BCUT2D eigenvalue weighted by atomic mass is 35.5. The number of benzene rings is 1. The smallest absolute Gasteiger partial charge is 0.407 e. The first kappa shape index (κ1) is 38.1. The number of ether oxygens (including phenoxy) is 1. The molecule has 1 aromatic carbocycles. The van der Waals surface area contributed by atoms with Crippen molar-refractivity contribution in [3.05, 3.63) is 64.0 Å². The molecule has 46 heavy (non-hydrogen) atoms. The summed E-state index contributed by atoms with van der Waals surface area (Å²) in [5, 5.41) is 26.0. The van der Waals surface area contributed by atoms with Crippen molar-refractivity contribution in [2.24, 2.45) is 0 Å². The molecule has 1 saturated heterocycles. The fraction of sp³-hybridized carbons (Fsp3) is 0.414. The van der Waals surface area contributed by atoms with E-state index in [9.17, 15) is 29.4 Å². The average Bonchev–Trinajstić information content (AvgIpc) is 2.97. The van der Waals surface area contributed by atoms with E-state index in [1.807, 2.05) is 12.1 Å². The Hall–Kier alpha value is -2.33. The lowest BCUT2D eigenvalue weighted by Crippen LogP contribution is -3.00. The normalized spacial score (nSPS) is 18.1. The third kappa shape index (κ3) is 10.3. The van der Waals surface area contributed by atoms with E-state index in [2.05, 4.69) is 10.6 Å². The van der Waals surface area contributed by atoms with Crippen LogP contribution in [0.15, 0.2) is 63.8 Å². The first-order valence-corrected chi connectivity index (χ1v) is 17.5. The van der Waals surface area contributed by atoms with Crippen LogP contribution in [0.3, 0.4) is 0 Å². The first-order chi connectivity index (χ1) is 21.2. The Bertz CT molecular complexity index is 1490. The van der Waals surface area contributed by atoms with Gasteiger partial charge in [0, 0.05) is 38.5 Å². The van der Waals surface area contributed by atoms with E-state index in [1.54, 1.807) is 55.9 Å². The van der Waals surface area contributed by atoms with Crippen LogP contribution >= 0.6 is 58.5 Å². The summed E-state index contributed by atoms with van der Waals surface area (Å²) in [4.78, 5) is 52.4. The van der Waals surface area contributed by atoms with E-state index in [0.29, 0.717) is 32.0 Å². The molecule has 0 radical (unpaired) electrons. The molecule has 3 heterocycles. The van der Waals surface area contributed by atoms with Gasteiger partial charge >= 0.3 is 12.1 Å². The van der Waals surface area contributed by atoms with Gasteiger partial charge in [-0.3, -0.25) is 14.5 Å². The number of rotatable bonds is 12. The molecular formula is C29H33Cl3N4O7S3. The summed E-state index contributed by atoms with van der Waals surface area (Å²) in [6.07, 6.45) is 2.12. The minimum Gasteiger partial charge on any atom is -1.00 e. The lowest BCUT2D eigenvalue weighted by Gasteiger charge is -2.49. The van der Waals surface area contributed by atoms with Crippen molar-refractivity contribution < 1.29 is 51.1 Å². The highest BCUT2D eigenvalue weighted by Crippen LogP contribution is 2.41. The maximum atomic E-state index is 13.0. The van der Waals surface area contributed by atoms with Crippen LogP contribution in [-0.2, 0) is 25.7 Å². The number of halogens is 3. The standard InChI is InChI=1S/C29H32Cl2N4O7S3.ClH/c1-29(2,3)42-28(41)32-11-18(36)12-34-8-6-19(7-9-34)43-13-16-14-45-26-23(25(38)35(26)24(16)27(39)40)33-22(37)15-44-21-10-17(30)4-5-20(21)31;/h4-10,18,23,26,36H,11-15H2,1-3H3,(H2-,32,33,37,39,40,41);1H/t18?,23-,26-;/m1./s1. The second kappa shape index (κ2) is 16.7. The van der Waals surface area contributed by atoms with Gasteiger partial charge in [0.2, 0.25) is 5.91 Å². The number of alkyl carbamates (subject to hydrolysis) is 1. The largest absolute Gasteiger partial charge is 1.00 e. The van der Waals surface area contributed by atoms with E-state index in [-0.39, 0.29) is 42.9 Å². The van der Waals surface area contributed by atoms with Crippen LogP contribution in [-0.4, -0.2) is 85.9 Å². The molecule has 0 bridgehead atoms. The number of hydrogen-bond donors (Lipinski definition) is 4. The van der Waals surface area contributed by atoms with E-state index >= 15 is 0 Å². The molecule has 11 nitrogen and oxygen atoms in total. The van der Waals surface area contributed by atoms with Gasteiger partial charge in [-0.25, -0.2) is 14.2 Å². The fourth-order valence-electron chi connectivity index (χ4n) is 4.40. The minimum atomic E-state index is -1.19. The Morgan fingerprint density at radius 1 is 1.17 bits per heavy atom. The van der Waals surface area contributed by atoms with E-state index in [0.717, 1.165) is 4.90 Å². The number of aliphatic hydroxyl groups excluding tert-OH is 1. The lowest BCUT2D eigenvalue weighted by molar-refractivity contribution is -0.703. The van der Waals surface area contributed by atoms with E-state index < -0.39 is 41.1 Å². The van der Waals surface area contributed by atoms with Crippen LogP contribution in [0.2, 0.25) is 10.0 Å². The van der Waals surface area contributed by atoms with Crippen LogP contribution in [0.5, 0.6) is 0 Å². The zero-order chi connectivity index (χ0) is 32.9. The number of aliphatic carboxylic acids is 1. The van der Waals surface area contributed by atoms with Crippen molar-refractivity contribution in [3.8, 4) is 0 Å². The number of carbonyl (C=O) groups is 4. The summed E-state index contributed by atoms with van der Waals surface area (Å²) < 4.78 is 6.93. The summed E-state index contributed by atoms with van der Waals surface area (Å²) in [5.74, 6) is -1.27. The zero-order valence-electron chi connectivity index (χ0n) is 25.0. The Labute approximate surface area is 295 Å². The van der Waals surface area contributed by atoms with Gasteiger partial charge in [0.25, 0.3) is 5.91 Å². The molecule has 250 valence electrons. The van der Waals surface area contributed by atoms with Crippen molar-refractivity contribution in [3.63, 3.8) is 0 Å². The molecule has 0 saturated carbocycles. The van der Waals surface area contributed by atoms with Crippen molar-refractivity contribution in [2.75, 3.05) is 23.8 Å². The number of aromatic nitrogens is 1. The van der Waals surface area contributed by atoms with Gasteiger partial charge in [-0.1, -0.05) is 23.2 Å². The van der Waals surface area contributed by atoms with Crippen molar-refractivity contribution >= 4 is 82.4 Å². The fourth-order valence-corrected chi connectivity index (χ4v) is 8.07. The number of carbonyl (C=O) groups excluding carboxylic acids is 3. The molecular weight excluding hydrogens is 719 g/mol. The zero-order valence-corrected chi connectivity index (χ0v) is 29.7. The number of aliphatic hydroxyl groups is 1. The Kier molecular flexibility index (Phi) is 13.8. The molecule has 4 N–H and O–H groups in total. The molecule has 3 atom stereocenters.